The van der Waals surface area contributed by atoms with Crippen molar-refractivity contribution in [3.63, 3.8) is 0 Å². The molecule has 0 spiro atoms. The zero-order valence-corrected chi connectivity index (χ0v) is 19.9. The molecule has 2 N–H and O–H groups in total. The Kier molecular flexibility index (Phi) is 10.8. The number of amides is 2. The Balaban J connectivity index is 2.54. The summed E-state index contributed by atoms with van der Waals surface area (Å²) in [6, 6.07) is 5.91. The van der Waals surface area contributed by atoms with Crippen molar-refractivity contribution < 1.29 is 27.5 Å². The average Bonchev–Trinajstić information content (AvgIpc) is 2.73. The van der Waals surface area contributed by atoms with E-state index in [-0.39, 0.29) is 23.5 Å². The summed E-state index contributed by atoms with van der Waals surface area (Å²) in [5, 5.41) is 5.12. The van der Waals surface area contributed by atoms with Crippen LogP contribution in [0.3, 0.4) is 0 Å². The highest BCUT2D eigenvalue weighted by molar-refractivity contribution is 7.89. The van der Waals surface area contributed by atoms with Gasteiger partial charge in [0.25, 0.3) is 0 Å². The van der Waals surface area contributed by atoms with Crippen LogP contribution in [0.25, 0.3) is 0 Å². The summed E-state index contributed by atoms with van der Waals surface area (Å²) in [7, 11) is -2.09. The maximum absolute atomic E-state index is 13.0. The van der Waals surface area contributed by atoms with Gasteiger partial charge in [-0.15, -0.1) is 0 Å². The molecule has 176 valence electrons. The van der Waals surface area contributed by atoms with Crippen LogP contribution >= 0.6 is 0 Å². The van der Waals surface area contributed by atoms with Crippen LogP contribution in [0.15, 0.2) is 29.2 Å². The molecule has 0 fully saturated rings. The molecule has 0 radical (unpaired) electrons. The van der Waals surface area contributed by atoms with E-state index in [1.165, 1.54) is 11.4 Å². The van der Waals surface area contributed by atoms with Gasteiger partial charge in [-0.3, -0.25) is 4.79 Å². The summed E-state index contributed by atoms with van der Waals surface area (Å²) in [5.74, 6) is 0.109. The lowest BCUT2D eigenvalue weighted by molar-refractivity contribution is -0.141. The number of hydrogen-bond donors (Lipinski definition) is 2. The van der Waals surface area contributed by atoms with E-state index in [2.05, 4.69) is 10.6 Å². The quantitative estimate of drug-likeness (QED) is 0.347. The minimum Gasteiger partial charge on any atom is -0.497 e. The number of nitrogens with zero attached hydrogens (tertiary/aromatic N) is 1. The van der Waals surface area contributed by atoms with Crippen molar-refractivity contribution in [2.45, 2.75) is 45.4 Å². The van der Waals surface area contributed by atoms with Crippen molar-refractivity contribution in [2.24, 2.45) is 5.41 Å². The van der Waals surface area contributed by atoms with Gasteiger partial charge >= 0.3 is 12.0 Å². The first-order valence-corrected chi connectivity index (χ1v) is 11.8. The van der Waals surface area contributed by atoms with E-state index in [0.717, 1.165) is 0 Å². The molecule has 0 atom stereocenters. The van der Waals surface area contributed by atoms with Gasteiger partial charge < -0.3 is 20.1 Å². The molecule has 31 heavy (non-hydrogen) atoms. The zero-order chi connectivity index (χ0) is 23.5. The van der Waals surface area contributed by atoms with Crippen LogP contribution in [-0.2, 0) is 19.6 Å². The maximum Gasteiger partial charge on any atom is 0.325 e. The summed E-state index contributed by atoms with van der Waals surface area (Å²) in [6.07, 6.45) is 1.37. The number of ether oxygens (including phenoxy) is 2. The Morgan fingerprint density at radius 2 is 1.74 bits per heavy atom. The molecule has 10 heteroatoms. The van der Waals surface area contributed by atoms with Crippen LogP contribution in [0.4, 0.5) is 4.79 Å². The number of carbonyl (C=O) groups is 2. The third-order valence-electron chi connectivity index (χ3n) is 4.67. The van der Waals surface area contributed by atoms with E-state index < -0.39 is 22.0 Å². The molecule has 0 aliphatic rings. The van der Waals surface area contributed by atoms with Crippen molar-refractivity contribution in [3.8, 4) is 5.75 Å². The second-order valence-electron chi connectivity index (χ2n) is 7.79. The van der Waals surface area contributed by atoms with E-state index in [1.54, 1.807) is 31.2 Å². The normalized spacial score (nSPS) is 11.8. The maximum atomic E-state index is 13.0. The molecule has 1 aromatic carbocycles. The Labute approximate surface area is 185 Å². The Bertz CT molecular complexity index is 809. The Morgan fingerprint density at radius 3 is 2.29 bits per heavy atom. The molecule has 0 saturated heterocycles. The van der Waals surface area contributed by atoms with Gasteiger partial charge in [-0.1, -0.05) is 20.8 Å². The van der Waals surface area contributed by atoms with Gasteiger partial charge in [0.1, 0.15) is 12.3 Å². The predicted molar refractivity (Wildman–Crippen MR) is 118 cm³/mol. The van der Waals surface area contributed by atoms with Crippen molar-refractivity contribution in [1.82, 2.24) is 14.9 Å². The molecule has 0 bridgehead atoms. The Morgan fingerprint density at radius 1 is 1.10 bits per heavy atom. The number of nitrogens with one attached hydrogen (secondary N) is 2. The molecule has 9 nitrogen and oxygen atoms in total. The molecule has 0 heterocycles. The highest BCUT2D eigenvalue weighted by Crippen LogP contribution is 2.27. The van der Waals surface area contributed by atoms with E-state index in [9.17, 15) is 18.0 Å². The SMILES string of the molecule is CCOC(=O)CNC(=O)NCCCC(C)(C)CN(CC)S(=O)(=O)c1ccc(OC)cc1. The molecular weight excluding hydrogens is 422 g/mol. The summed E-state index contributed by atoms with van der Waals surface area (Å²) >= 11 is 0. The number of esters is 1. The van der Waals surface area contributed by atoms with Gasteiger partial charge in [0.15, 0.2) is 0 Å². The molecule has 0 aliphatic heterocycles. The van der Waals surface area contributed by atoms with Crippen LogP contribution in [0.1, 0.15) is 40.5 Å². The fourth-order valence-corrected chi connectivity index (χ4v) is 4.65. The van der Waals surface area contributed by atoms with Gasteiger partial charge in [-0.25, -0.2) is 13.2 Å². The lowest BCUT2D eigenvalue weighted by atomic mass is 9.88. The number of sulfonamides is 1. The van der Waals surface area contributed by atoms with Crippen molar-refractivity contribution in [1.29, 1.82) is 0 Å². The van der Waals surface area contributed by atoms with Crippen molar-refractivity contribution in [3.05, 3.63) is 24.3 Å². The molecule has 0 unspecified atom stereocenters. The summed E-state index contributed by atoms with van der Waals surface area (Å²) in [6.45, 7) is 8.71. The molecule has 0 aliphatic carbocycles. The summed E-state index contributed by atoms with van der Waals surface area (Å²) in [5.41, 5.74) is -0.293. The fourth-order valence-electron chi connectivity index (χ4n) is 3.02. The number of methoxy groups -OCH3 is 1. The lowest BCUT2D eigenvalue weighted by Crippen LogP contribution is -2.40. The van der Waals surface area contributed by atoms with Gasteiger partial charge in [0.2, 0.25) is 10.0 Å². The smallest absolute Gasteiger partial charge is 0.325 e. The highest BCUT2D eigenvalue weighted by Gasteiger charge is 2.29. The van der Waals surface area contributed by atoms with Crippen LogP contribution in [0.2, 0.25) is 0 Å². The minimum absolute atomic E-state index is 0.181. The first-order chi connectivity index (χ1) is 14.6. The second kappa shape index (κ2) is 12.5. The van der Waals surface area contributed by atoms with E-state index >= 15 is 0 Å². The topological polar surface area (TPSA) is 114 Å². The molecular formula is C21H35N3O6S. The third-order valence-corrected chi connectivity index (χ3v) is 6.60. The summed E-state index contributed by atoms with van der Waals surface area (Å²) in [4.78, 5) is 23.2. The average molecular weight is 458 g/mol. The molecule has 0 aromatic heterocycles. The number of benzene rings is 1. The molecule has 1 rings (SSSR count). The van der Waals surface area contributed by atoms with E-state index in [4.69, 9.17) is 9.47 Å². The summed E-state index contributed by atoms with van der Waals surface area (Å²) < 4.78 is 37.3. The van der Waals surface area contributed by atoms with Gasteiger partial charge in [-0.2, -0.15) is 4.31 Å². The van der Waals surface area contributed by atoms with Crippen LogP contribution in [-0.4, -0.2) is 64.6 Å². The van der Waals surface area contributed by atoms with Crippen LogP contribution in [0, 0.1) is 5.41 Å². The molecule has 2 amide bonds. The molecule has 0 saturated carbocycles. The predicted octanol–water partition coefficient (Wildman–Crippen LogP) is 2.37. The van der Waals surface area contributed by atoms with E-state index in [1.807, 2.05) is 20.8 Å². The Hall–Kier alpha value is -2.33. The van der Waals surface area contributed by atoms with Gasteiger partial charge in [0.05, 0.1) is 18.6 Å². The lowest BCUT2D eigenvalue weighted by Gasteiger charge is -2.31. The van der Waals surface area contributed by atoms with E-state index in [0.29, 0.717) is 38.2 Å². The first kappa shape index (κ1) is 26.7. The van der Waals surface area contributed by atoms with Gasteiger partial charge in [-0.05, 0) is 49.4 Å². The number of urea groups is 1. The first-order valence-electron chi connectivity index (χ1n) is 10.4. The van der Waals surface area contributed by atoms with Crippen LogP contribution in [0.5, 0.6) is 5.75 Å². The number of rotatable bonds is 13. The zero-order valence-electron chi connectivity index (χ0n) is 19.1. The fraction of sp³-hybridized carbons (Fsp3) is 0.619. The van der Waals surface area contributed by atoms with Crippen molar-refractivity contribution >= 4 is 22.0 Å². The highest BCUT2D eigenvalue weighted by atomic mass is 32.2. The standard InChI is InChI=1S/C21H35N3O6S/c1-6-24(31(27,28)18-11-9-17(29-5)10-12-18)16-21(3,4)13-8-14-22-20(26)23-15-19(25)30-7-2/h9-12H,6-8,13-16H2,1-5H3,(H2,22,23,26). The minimum atomic E-state index is -3.62. The second-order valence-corrected chi connectivity index (χ2v) is 9.73. The van der Waals surface area contributed by atoms with Crippen LogP contribution < -0.4 is 15.4 Å². The number of hydrogen-bond acceptors (Lipinski definition) is 6. The van der Waals surface area contributed by atoms with Gasteiger partial charge in [0, 0.05) is 19.6 Å². The largest absolute Gasteiger partial charge is 0.497 e. The number of carbonyl (C=O) groups excluding carboxylic acids is 2. The van der Waals surface area contributed by atoms with Crippen molar-refractivity contribution in [2.75, 3.05) is 39.9 Å². The third kappa shape index (κ3) is 9.14. The monoisotopic (exact) mass is 457 g/mol. The molecule has 1 aromatic rings.